The Kier molecular flexibility index (Phi) is 4.01. The van der Waals surface area contributed by atoms with E-state index < -0.39 is 24.1 Å². The summed E-state index contributed by atoms with van der Waals surface area (Å²) in [5.74, 6) is -1.33. The van der Waals surface area contributed by atoms with Gasteiger partial charge in [-0.15, -0.1) is 0 Å². The van der Waals surface area contributed by atoms with E-state index in [2.05, 4.69) is 10.6 Å². The maximum atomic E-state index is 12.6. The predicted octanol–water partition coefficient (Wildman–Crippen LogP) is -0.691. The third-order valence-corrected chi connectivity index (χ3v) is 4.08. The van der Waals surface area contributed by atoms with Gasteiger partial charge in [0.05, 0.1) is 0 Å². The number of nitrogens with one attached hydrogen (secondary N) is 2. The molecule has 2 aliphatic heterocycles. The lowest BCUT2D eigenvalue weighted by Gasteiger charge is -2.31. The van der Waals surface area contributed by atoms with Crippen molar-refractivity contribution in [1.29, 1.82) is 0 Å². The minimum absolute atomic E-state index is 0.145. The average molecular weight is 318 g/mol. The normalized spacial score (nSPS) is 23.7. The Morgan fingerprint density at radius 2 is 2.13 bits per heavy atom. The van der Waals surface area contributed by atoms with Crippen molar-refractivity contribution < 1.29 is 19.5 Å². The molecule has 0 radical (unpaired) electrons. The first kappa shape index (κ1) is 15.4. The highest BCUT2D eigenvalue weighted by Gasteiger charge is 2.44. The van der Waals surface area contributed by atoms with Crippen LogP contribution in [0.5, 0.6) is 0 Å². The summed E-state index contributed by atoms with van der Waals surface area (Å²) in [6, 6.07) is 4.20. The summed E-state index contributed by atoms with van der Waals surface area (Å²) in [6.07, 6.45) is -0.836. The molecule has 1 saturated heterocycles. The number of hydrogen-bond donors (Lipinski definition) is 4. The molecule has 0 bridgehead atoms. The number of nitrogens with zero attached hydrogens (tertiary/aromatic N) is 1. The van der Waals surface area contributed by atoms with Crippen molar-refractivity contribution in [3.63, 3.8) is 0 Å². The molecule has 1 fully saturated rings. The highest BCUT2D eigenvalue weighted by molar-refractivity contribution is 6.06. The van der Waals surface area contributed by atoms with Crippen LogP contribution in [-0.2, 0) is 9.59 Å². The van der Waals surface area contributed by atoms with E-state index in [0.717, 1.165) is 10.6 Å². The van der Waals surface area contributed by atoms with E-state index in [0.29, 0.717) is 24.2 Å². The van der Waals surface area contributed by atoms with Crippen LogP contribution >= 0.6 is 0 Å². The zero-order valence-electron chi connectivity index (χ0n) is 12.4. The molecule has 2 atom stereocenters. The number of hydrogen-bond acceptors (Lipinski definition) is 6. The van der Waals surface area contributed by atoms with Crippen molar-refractivity contribution in [1.82, 2.24) is 10.2 Å². The predicted molar refractivity (Wildman–Crippen MR) is 81.3 cm³/mol. The molecule has 2 aliphatic rings. The van der Waals surface area contributed by atoms with E-state index in [4.69, 9.17) is 5.73 Å². The third kappa shape index (κ3) is 2.66. The number of piperidine rings is 1. The number of amides is 3. The second-order valence-corrected chi connectivity index (χ2v) is 5.57. The molecule has 0 aliphatic carbocycles. The van der Waals surface area contributed by atoms with Crippen molar-refractivity contribution in [3.05, 3.63) is 29.3 Å². The second-order valence-electron chi connectivity index (χ2n) is 5.57. The van der Waals surface area contributed by atoms with Crippen molar-refractivity contribution in [3.8, 4) is 0 Å². The topological polar surface area (TPSA) is 125 Å². The summed E-state index contributed by atoms with van der Waals surface area (Å²) in [5.41, 5.74) is 6.96. The lowest BCUT2D eigenvalue weighted by molar-refractivity contribution is -0.139. The standard InChI is InChI=1S/C15H18N4O4/c16-5-6-17-8-1-2-9-10(7-8)15(23)19(14(9)22)11-3-4-12(20)18-13(11)21/h1-2,7,11,14,17,22H,3-6,16H2,(H,18,20,21). The zero-order valence-corrected chi connectivity index (χ0v) is 12.4. The number of aliphatic hydroxyl groups is 1. The molecule has 8 nitrogen and oxygen atoms in total. The van der Waals surface area contributed by atoms with Crippen molar-refractivity contribution in [2.45, 2.75) is 25.1 Å². The molecule has 3 rings (SSSR count). The quantitative estimate of drug-likeness (QED) is 0.545. The molecular formula is C15H18N4O4. The maximum Gasteiger partial charge on any atom is 0.257 e. The summed E-state index contributed by atoms with van der Waals surface area (Å²) >= 11 is 0. The molecule has 1 aromatic rings. The van der Waals surface area contributed by atoms with Crippen LogP contribution in [0, 0.1) is 0 Å². The van der Waals surface area contributed by atoms with Gasteiger partial charge in [0.15, 0.2) is 6.23 Å². The van der Waals surface area contributed by atoms with Gasteiger partial charge in [-0.1, -0.05) is 6.07 Å². The Morgan fingerprint density at radius 3 is 2.83 bits per heavy atom. The highest BCUT2D eigenvalue weighted by Crippen LogP contribution is 2.36. The first-order valence-electron chi connectivity index (χ1n) is 7.45. The Morgan fingerprint density at radius 1 is 1.35 bits per heavy atom. The van der Waals surface area contributed by atoms with Crippen LogP contribution in [0.4, 0.5) is 5.69 Å². The summed E-state index contributed by atoms with van der Waals surface area (Å²) in [5, 5.41) is 15.7. The van der Waals surface area contributed by atoms with Gasteiger partial charge in [-0.25, -0.2) is 0 Å². The van der Waals surface area contributed by atoms with Gasteiger partial charge in [0, 0.05) is 36.3 Å². The Balaban J connectivity index is 1.86. The van der Waals surface area contributed by atoms with E-state index >= 15 is 0 Å². The van der Waals surface area contributed by atoms with Gasteiger partial charge >= 0.3 is 0 Å². The van der Waals surface area contributed by atoms with E-state index in [1.807, 2.05) is 0 Å². The van der Waals surface area contributed by atoms with Crippen LogP contribution in [0.15, 0.2) is 18.2 Å². The maximum absolute atomic E-state index is 12.6. The molecule has 2 unspecified atom stereocenters. The summed E-state index contributed by atoms with van der Waals surface area (Å²) < 4.78 is 0. The van der Waals surface area contributed by atoms with Crippen LogP contribution in [-0.4, -0.2) is 46.9 Å². The summed E-state index contributed by atoms with van der Waals surface area (Å²) in [4.78, 5) is 37.0. The molecule has 0 aromatic heterocycles. The van der Waals surface area contributed by atoms with Gasteiger partial charge in [-0.3, -0.25) is 24.6 Å². The van der Waals surface area contributed by atoms with Crippen LogP contribution in [0.2, 0.25) is 0 Å². The fraction of sp³-hybridized carbons (Fsp3) is 0.400. The van der Waals surface area contributed by atoms with Gasteiger partial charge in [-0.2, -0.15) is 0 Å². The molecule has 1 aromatic carbocycles. The van der Waals surface area contributed by atoms with Gasteiger partial charge < -0.3 is 16.2 Å². The molecule has 2 heterocycles. The number of anilines is 1. The lowest BCUT2D eigenvalue weighted by Crippen LogP contribution is -2.53. The monoisotopic (exact) mass is 318 g/mol. The number of nitrogens with two attached hydrogens (primary N) is 1. The van der Waals surface area contributed by atoms with Gasteiger partial charge in [0.25, 0.3) is 5.91 Å². The number of benzene rings is 1. The Labute approximate surface area is 132 Å². The van der Waals surface area contributed by atoms with Gasteiger partial charge in [0.1, 0.15) is 6.04 Å². The summed E-state index contributed by atoms with van der Waals surface area (Å²) in [6.45, 7) is 1.02. The molecule has 5 N–H and O–H groups in total. The number of fused-ring (bicyclic) bond motifs is 1. The third-order valence-electron chi connectivity index (χ3n) is 4.08. The Bertz CT molecular complexity index is 675. The second kappa shape index (κ2) is 5.98. The fourth-order valence-electron chi connectivity index (χ4n) is 2.95. The molecule has 23 heavy (non-hydrogen) atoms. The van der Waals surface area contributed by atoms with Crippen molar-refractivity contribution in [2.24, 2.45) is 5.73 Å². The Hall–Kier alpha value is -2.45. The van der Waals surface area contributed by atoms with Gasteiger partial charge in [0.2, 0.25) is 11.8 Å². The van der Waals surface area contributed by atoms with E-state index in [1.54, 1.807) is 18.2 Å². The average Bonchev–Trinajstić information content (AvgIpc) is 2.77. The van der Waals surface area contributed by atoms with Crippen LogP contribution < -0.4 is 16.4 Å². The molecule has 0 spiro atoms. The minimum Gasteiger partial charge on any atom is -0.384 e. The number of rotatable bonds is 4. The molecular weight excluding hydrogens is 300 g/mol. The first-order chi connectivity index (χ1) is 11.0. The van der Waals surface area contributed by atoms with Crippen molar-refractivity contribution >= 4 is 23.4 Å². The zero-order chi connectivity index (χ0) is 16.6. The molecule has 8 heteroatoms. The number of carbonyl (C=O) groups is 3. The van der Waals surface area contributed by atoms with E-state index in [-0.39, 0.29) is 18.7 Å². The minimum atomic E-state index is -1.19. The van der Waals surface area contributed by atoms with Crippen LogP contribution in [0.3, 0.4) is 0 Å². The largest absolute Gasteiger partial charge is 0.384 e. The molecule has 3 amide bonds. The molecule has 0 saturated carbocycles. The van der Waals surface area contributed by atoms with Crippen LogP contribution in [0.25, 0.3) is 0 Å². The fourth-order valence-corrected chi connectivity index (χ4v) is 2.95. The smallest absolute Gasteiger partial charge is 0.257 e. The highest BCUT2D eigenvalue weighted by atomic mass is 16.3. The van der Waals surface area contributed by atoms with Crippen LogP contribution in [0.1, 0.15) is 35.0 Å². The first-order valence-corrected chi connectivity index (χ1v) is 7.45. The number of imide groups is 1. The van der Waals surface area contributed by atoms with E-state index in [9.17, 15) is 19.5 Å². The summed E-state index contributed by atoms with van der Waals surface area (Å²) in [7, 11) is 0. The SMILES string of the molecule is NCCNc1ccc2c(c1)C(=O)N(C1CCC(=O)NC1=O)C2O. The number of carbonyl (C=O) groups excluding carboxylic acids is 3. The molecule has 122 valence electrons. The van der Waals surface area contributed by atoms with E-state index in [1.165, 1.54) is 0 Å². The number of aliphatic hydroxyl groups excluding tert-OH is 1. The lowest BCUT2D eigenvalue weighted by atomic mass is 10.0. The van der Waals surface area contributed by atoms with Gasteiger partial charge in [-0.05, 0) is 18.6 Å². The van der Waals surface area contributed by atoms with Crippen molar-refractivity contribution in [2.75, 3.05) is 18.4 Å².